The summed E-state index contributed by atoms with van der Waals surface area (Å²) in [6, 6.07) is 3.20. The Balaban J connectivity index is 2.88. The summed E-state index contributed by atoms with van der Waals surface area (Å²) < 4.78 is 0.0428. The van der Waals surface area contributed by atoms with Crippen molar-refractivity contribution < 1.29 is 15.0 Å². The molecule has 0 radical (unpaired) electrons. The van der Waals surface area contributed by atoms with Crippen molar-refractivity contribution >= 4 is 32.9 Å². The predicted molar refractivity (Wildman–Crippen MR) is 55.9 cm³/mol. The van der Waals surface area contributed by atoms with E-state index in [1.54, 1.807) is 12.1 Å². The minimum absolute atomic E-state index is 0.0428. The first-order chi connectivity index (χ1) is 7.11. The second kappa shape index (κ2) is 3.47. The molecular weight excluding hydrogens is 264 g/mol. The summed E-state index contributed by atoms with van der Waals surface area (Å²) in [5.41, 5.74) is 0.387. The topological polar surface area (TPSA) is 83.3 Å². The van der Waals surface area contributed by atoms with E-state index < -0.39 is 5.97 Å². The molecule has 2 aromatic rings. The van der Waals surface area contributed by atoms with Gasteiger partial charge < -0.3 is 10.2 Å². The molecule has 2 N–H and O–H groups in total. The van der Waals surface area contributed by atoms with E-state index in [1.165, 1.54) is 6.20 Å². The number of hydrogen-bond acceptors (Lipinski definition) is 4. The number of carboxylic acids is 1. The Morgan fingerprint density at radius 2 is 2.20 bits per heavy atom. The second-order valence-electron chi connectivity index (χ2n) is 2.80. The molecule has 0 spiro atoms. The van der Waals surface area contributed by atoms with Crippen molar-refractivity contribution in [1.29, 1.82) is 0 Å². The third-order valence-electron chi connectivity index (χ3n) is 1.86. The average molecular weight is 269 g/mol. The van der Waals surface area contributed by atoms with Gasteiger partial charge in [0, 0.05) is 6.20 Å². The number of halogens is 1. The van der Waals surface area contributed by atoms with Crippen LogP contribution in [-0.2, 0) is 0 Å². The maximum Gasteiger partial charge on any atom is 0.355 e. The van der Waals surface area contributed by atoms with Crippen molar-refractivity contribution in [2.24, 2.45) is 0 Å². The van der Waals surface area contributed by atoms with E-state index in [4.69, 9.17) is 5.11 Å². The van der Waals surface area contributed by atoms with E-state index in [9.17, 15) is 9.90 Å². The van der Waals surface area contributed by atoms with E-state index in [2.05, 4.69) is 25.9 Å². The SMILES string of the molecule is O=C(O)c1nc2cccnc2c(O)c1Br. The van der Waals surface area contributed by atoms with Crippen molar-refractivity contribution in [3.63, 3.8) is 0 Å². The Kier molecular flexibility index (Phi) is 2.28. The van der Waals surface area contributed by atoms with Crippen LogP contribution in [0.15, 0.2) is 22.8 Å². The van der Waals surface area contributed by atoms with Gasteiger partial charge in [-0.05, 0) is 28.1 Å². The molecule has 0 bridgehead atoms. The maximum atomic E-state index is 10.8. The summed E-state index contributed by atoms with van der Waals surface area (Å²) in [5.74, 6) is -1.42. The first-order valence-corrected chi connectivity index (χ1v) is 4.77. The molecule has 6 heteroatoms. The van der Waals surface area contributed by atoms with Gasteiger partial charge in [-0.15, -0.1) is 0 Å². The van der Waals surface area contributed by atoms with Crippen molar-refractivity contribution in [1.82, 2.24) is 9.97 Å². The van der Waals surface area contributed by atoms with Crippen LogP contribution in [0.25, 0.3) is 11.0 Å². The number of pyridine rings is 2. The van der Waals surface area contributed by atoms with Gasteiger partial charge in [-0.1, -0.05) is 0 Å². The van der Waals surface area contributed by atoms with Gasteiger partial charge in [0.1, 0.15) is 5.52 Å². The molecule has 0 aromatic carbocycles. The van der Waals surface area contributed by atoms with E-state index in [-0.39, 0.29) is 21.4 Å². The van der Waals surface area contributed by atoms with Gasteiger partial charge in [0.05, 0.1) is 9.99 Å². The Hall–Kier alpha value is -1.69. The molecule has 0 unspecified atom stereocenters. The Bertz CT molecular complexity index is 556. The van der Waals surface area contributed by atoms with Crippen LogP contribution in [-0.4, -0.2) is 26.2 Å². The number of carboxylic acid groups (broad SMARTS) is 1. The van der Waals surface area contributed by atoms with Crippen LogP contribution in [0.4, 0.5) is 0 Å². The van der Waals surface area contributed by atoms with Gasteiger partial charge in [0.15, 0.2) is 11.4 Å². The molecule has 0 aliphatic heterocycles. The molecule has 0 atom stereocenters. The highest BCUT2D eigenvalue weighted by Crippen LogP contribution is 2.32. The van der Waals surface area contributed by atoms with E-state index in [0.717, 1.165) is 0 Å². The Morgan fingerprint density at radius 3 is 2.87 bits per heavy atom. The van der Waals surface area contributed by atoms with Gasteiger partial charge in [-0.3, -0.25) is 4.98 Å². The lowest BCUT2D eigenvalue weighted by Gasteiger charge is -2.04. The highest BCUT2D eigenvalue weighted by Gasteiger charge is 2.17. The lowest BCUT2D eigenvalue weighted by Crippen LogP contribution is -2.02. The second-order valence-corrected chi connectivity index (χ2v) is 3.59. The van der Waals surface area contributed by atoms with Gasteiger partial charge in [-0.2, -0.15) is 0 Å². The molecule has 0 aliphatic rings. The van der Waals surface area contributed by atoms with Crippen LogP contribution < -0.4 is 0 Å². The lowest BCUT2D eigenvalue weighted by molar-refractivity contribution is 0.0689. The minimum Gasteiger partial charge on any atom is -0.504 e. The molecule has 0 saturated carbocycles. The number of aromatic hydroxyl groups is 1. The van der Waals surface area contributed by atoms with Crippen LogP contribution in [0.3, 0.4) is 0 Å². The fourth-order valence-corrected chi connectivity index (χ4v) is 1.64. The number of nitrogens with zero attached hydrogens (tertiary/aromatic N) is 2. The molecule has 2 rings (SSSR count). The first kappa shape index (κ1) is 9.85. The third kappa shape index (κ3) is 1.52. The molecule has 76 valence electrons. The zero-order valence-corrected chi connectivity index (χ0v) is 8.89. The number of rotatable bonds is 1. The number of aromatic nitrogens is 2. The van der Waals surface area contributed by atoms with Crippen LogP contribution in [0.5, 0.6) is 5.75 Å². The summed E-state index contributed by atoms with van der Waals surface area (Å²) >= 11 is 2.97. The Labute approximate surface area is 92.5 Å². The fourth-order valence-electron chi connectivity index (χ4n) is 1.20. The van der Waals surface area contributed by atoms with E-state index in [0.29, 0.717) is 5.52 Å². The molecular formula is C9H5BrN2O3. The van der Waals surface area contributed by atoms with Gasteiger partial charge in [0.2, 0.25) is 0 Å². The van der Waals surface area contributed by atoms with Crippen molar-refractivity contribution in [3.05, 3.63) is 28.5 Å². The molecule has 2 heterocycles. The quantitative estimate of drug-likeness (QED) is 0.824. The number of carbonyl (C=O) groups is 1. The van der Waals surface area contributed by atoms with E-state index in [1.807, 2.05) is 0 Å². The highest BCUT2D eigenvalue weighted by atomic mass is 79.9. The largest absolute Gasteiger partial charge is 0.504 e. The van der Waals surface area contributed by atoms with Crippen LogP contribution in [0, 0.1) is 0 Å². The molecule has 0 saturated heterocycles. The molecule has 2 aromatic heterocycles. The molecule has 15 heavy (non-hydrogen) atoms. The van der Waals surface area contributed by atoms with Crippen molar-refractivity contribution in [2.45, 2.75) is 0 Å². The molecule has 0 fully saturated rings. The molecule has 5 nitrogen and oxygen atoms in total. The summed E-state index contributed by atoms with van der Waals surface area (Å²) in [6.07, 6.45) is 1.50. The van der Waals surface area contributed by atoms with Crippen molar-refractivity contribution in [2.75, 3.05) is 0 Å². The minimum atomic E-state index is -1.21. The number of aromatic carboxylic acids is 1. The summed E-state index contributed by atoms with van der Waals surface area (Å²) in [5, 5.41) is 18.5. The normalized spacial score (nSPS) is 10.5. The van der Waals surface area contributed by atoms with Crippen molar-refractivity contribution in [3.8, 4) is 5.75 Å². The standard InChI is InChI=1S/C9H5BrN2O3/c10-5-7(9(14)15)12-4-2-1-3-11-6(4)8(5)13/h1-3H,(H,12,13)(H,14,15). The highest BCUT2D eigenvalue weighted by molar-refractivity contribution is 9.10. The average Bonchev–Trinajstić information content (AvgIpc) is 2.23. The zero-order valence-electron chi connectivity index (χ0n) is 7.31. The zero-order chi connectivity index (χ0) is 11.0. The van der Waals surface area contributed by atoms with Gasteiger partial charge in [0.25, 0.3) is 0 Å². The lowest BCUT2D eigenvalue weighted by atomic mass is 10.2. The molecule has 0 amide bonds. The third-order valence-corrected chi connectivity index (χ3v) is 2.61. The fraction of sp³-hybridized carbons (Fsp3) is 0. The summed E-state index contributed by atoms with van der Waals surface area (Å²) in [4.78, 5) is 18.6. The monoisotopic (exact) mass is 268 g/mol. The first-order valence-electron chi connectivity index (χ1n) is 3.97. The maximum absolute atomic E-state index is 10.8. The predicted octanol–water partition coefficient (Wildman–Crippen LogP) is 1.80. The summed E-state index contributed by atoms with van der Waals surface area (Å²) in [7, 11) is 0. The van der Waals surface area contributed by atoms with Gasteiger partial charge >= 0.3 is 5.97 Å². The molecule has 0 aliphatic carbocycles. The van der Waals surface area contributed by atoms with Crippen LogP contribution in [0.2, 0.25) is 0 Å². The number of hydrogen-bond donors (Lipinski definition) is 2. The number of fused-ring (bicyclic) bond motifs is 1. The van der Waals surface area contributed by atoms with Crippen LogP contribution in [0.1, 0.15) is 10.5 Å². The van der Waals surface area contributed by atoms with Crippen LogP contribution >= 0.6 is 15.9 Å². The Morgan fingerprint density at radius 1 is 1.47 bits per heavy atom. The van der Waals surface area contributed by atoms with Gasteiger partial charge in [-0.25, -0.2) is 9.78 Å². The smallest absolute Gasteiger partial charge is 0.355 e. The van der Waals surface area contributed by atoms with E-state index >= 15 is 0 Å². The summed E-state index contributed by atoms with van der Waals surface area (Å²) in [6.45, 7) is 0.